The highest BCUT2D eigenvalue weighted by Gasteiger charge is 2.76. The largest absolute Gasteiger partial charge is 0.458 e. The van der Waals surface area contributed by atoms with Crippen molar-refractivity contribution >= 4 is 20.2 Å². The monoisotopic (exact) mass is 546 g/mol. The third-order valence-electron chi connectivity index (χ3n) is 3.79. The van der Waals surface area contributed by atoms with Gasteiger partial charge in [-0.05, 0) is 26.7 Å². The summed E-state index contributed by atoms with van der Waals surface area (Å²) in [7, 11) is -12.5. The van der Waals surface area contributed by atoms with Crippen molar-refractivity contribution in [2.75, 3.05) is 13.2 Å². The molecular weight excluding hydrogens is 532 g/mol. The molecule has 0 aromatic heterocycles. The first-order valence-corrected chi connectivity index (χ1v) is 10.6. The first-order valence-electron chi connectivity index (χ1n) is 7.75. The molecule has 0 rings (SSSR count). The zero-order valence-electron chi connectivity index (χ0n) is 15.6. The van der Waals surface area contributed by atoms with Crippen LogP contribution in [0.3, 0.4) is 0 Å². The molecule has 0 aliphatic carbocycles. The van der Waals surface area contributed by atoms with E-state index in [4.69, 9.17) is 0 Å². The summed E-state index contributed by atoms with van der Waals surface area (Å²) in [6.07, 6.45) is -15.0. The molecule has 0 heterocycles. The number of hydrogen-bond donors (Lipinski definition) is 0. The Morgan fingerprint density at radius 2 is 0.750 bits per heavy atom. The quantitative estimate of drug-likeness (QED) is 0.219. The van der Waals surface area contributed by atoms with Crippen LogP contribution in [0.2, 0.25) is 0 Å². The number of alkyl halides is 12. The predicted molar refractivity (Wildman–Crippen MR) is 80.0 cm³/mol. The van der Waals surface area contributed by atoms with Crippen molar-refractivity contribution in [1.82, 2.24) is 0 Å². The van der Waals surface area contributed by atoms with Crippen LogP contribution in [0.25, 0.3) is 0 Å². The van der Waals surface area contributed by atoms with Crippen molar-refractivity contribution in [3.63, 3.8) is 0 Å². The summed E-state index contributed by atoms with van der Waals surface area (Å²) in [6.45, 7) is -4.03. The molecule has 0 bridgehead atoms. The minimum atomic E-state index is -6.63. The summed E-state index contributed by atoms with van der Waals surface area (Å²) in [5, 5.41) is -10.6. The first-order chi connectivity index (χ1) is 13.7. The lowest BCUT2D eigenvalue weighted by atomic mass is 10.2. The van der Waals surface area contributed by atoms with Gasteiger partial charge in [0.15, 0.2) is 0 Å². The minimum absolute atomic E-state index is 0.644. The van der Waals surface area contributed by atoms with Gasteiger partial charge in [-0.2, -0.15) is 60.7 Å². The van der Waals surface area contributed by atoms with Crippen molar-refractivity contribution in [2.45, 2.75) is 60.9 Å². The van der Waals surface area contributed by atoms with Crippen LogP contribution in [0.5, 0.6) is 0 Å². The van der Waals surface area contributed by atoms with E-state index < -0.39 is 94.3 Å². The molecule has 0 aliphatic rings. The number of halogens is 12. The zero-order chi connectivity index (χ0) is 26.2. The topological polar surface area (TPSA) is 86.7 Å². The summed E-state index contributed by atoms with van der Waals surface area (Å²) in [5.41, 5.74) is 0. The molecule has 0 spiro atoms. The molecule has 6 nitrogen and oxygen atoms in total. The maximum Gasteiger partial charge on any atom is 0.458 e. The molecule has 194 valence electrons. The van der Waals surface area contributed by atoms with Crippen LogP contribution in [-0.4, -0.2) is 64.2 Å². The molecule has 0 radical (unpaired) electrons. The standard InChI is InChI=1S/C12H14F12O6S2/c1-7(13,9(15,16)11(19,20)21)31(25,26)29-5-3-4-6-30-32(27,28)8(2,14)10(17,18)12(22,23)24/h3-6H2,1-2H3. The van der Waals surface area contributed by atoms with Crippen molar-refractivity contribution < 1.29 is 77.9 Å². The number of unbranched alkanes of at least 4 members (excludes halogenated alkanes) is 1. The van der Waals surface area contributed by atoms with E-state index >= 15 is 0 Å². The Morgan fingerprint density at radius 1 is 0.531 bits per heavy atom. The van der Waals surface area contributed by atoms with E-state index in [2.05, 4.69) is 8.37 Å². The van der Waals surface area contributed by atoms with Gasteiger partial charge in [0.25, 0.3) is 0 Å². The molecule has 32 heavy (non-hydrogen) atoms. The molecule has 0 N–H and O–H groups in total. The summed E-state index contributed by atoms with van der Waals surface area (Å²) in [6, 6.07) is 0. The molecule has 0 saturated carbocycles. The van der Waals surface area contributed by atoms with E-state index in [1.165, 1.54) is 0 Å². The average molecular weight is 546 g/mol. The lowest BCUT2D eigenvalue weighted by Gasteiger charge is -2.30. The maximum atomic E-state index is 13.7. The van der Waals surface area contributed by atoms with Crippen LogP contribution < -0.4 is 0 Å². The van der Waals surface area contributed by atoms with Gasteiger partial charge < -0.3 is 0 Å². The van der Waals surface area contributed by atoms with E-state index in [1.807, 2.05) is 0 Å². The Labute approximate surface area is 173 Å². The van der Waals surface area contributed by atoms with Gasteiger partial charge in [0, 0.05) is 0 Å². The van der Waals surface area contributed by atoms with Crippen molar-refractivity contribution in [3.8, 4) is 0 Å². The van der Waals surface area contributed by atoms with Crippen LogP contribution in [-0.2, 0) is 28.6 Å². The third kappa shape index (κ3) is 5.54. The van der Waals surface area contributed by atoms with E-state index in [0.29, 0.717) is 0 Å². The minimum Gasteiger partial charge on any atom is -0.267 e. The van der Waals surface area contributed by atoms with Gasteiger partial charge in [0.2, 0.25) is 0 Å². The lowest BCUT2D eigenvalue weighted by Crippen LogP contribution is -2.57. The number of hydrogen-bond acceptors (Lipinski definition) is 6. The van der Waals surface area contributed by atoms with Gasteiger partial charge in [-0.25, -0.2) is 8.78 Å². The molecule has 0 aliphatic heterocycles. The lowest BCUT2D eigenvalue weighted by molar-refractivity contribution is -0.310. The highest BCUT2D eigenvalue weighted by atomic mass is 32.2. The summed E-state index contributed by atoms with van der Waals surface area (Å²) in [5.74, 6) is -12.8. The second-order valence-electron chi connectivity index (χ2n) is 6.24. The third-order valence-corrected chi connectivity index (χ3v) is 7.13. The van der Waals surface area contributed by atoms with E-state index in [0.717, 1.165) is 0 Å². The normalized spacial score (nSPS) is 18.8. The fraction of sp³-hybridized carbons (Fsp3) is 1.00. The Bertz CT molecular complexity index is 786. The van der Waals surface area contributed by atoms with Crippen molar-refractivity contribution in [3.05, 3.63) is 0 Å². The van der Waals surface area contributed by atoms with Crippen molar-refractivity contribution in [2.24, 2.45) is 0 Å². The summed E-state index contributed by atoms with van der Waals surface area (Å²) >= 11 is 0. The van der Waals surface area contributed by atoms with E-state index in [9.17, 15) is 69.5 Å². The van der Waals surface area contributed by atoms with Crippen LogP contribution in [0.1, 0.15) is 26.7 Å². The number of rotatable bonds is 11. The Morgan fingerprint density at radius 3 is 0.938 bits per heavy atom. The SMILES string of the molecule is CC(F)(C(F)(F)C(F)(F)F)S(=O)(=O)OCCCCOS(=O)(=O)C(C)(F)C(F)(F)C(F)(F)F. The molecule has 2 atom stereocenters. The first kappa shape index (κ1) is 31.0. The molecule has 20 heteroatoms. The zero-order valence-corrected chi connectivity index (χ0v) is 17.3. The molecule has 0 amide bonds. The van der Waals surface area contributed by atoms with Gasteiger partial charge in [-0.3, -0.25) is 8.37 Å². The van der Waals surface area contributed by atoms with Gasteiger partial charge >= 0.3 is 54.4 Å². The summed E-state index contributed by atoms with van der Waals surface area (Å²) in [4.78, 5) is 0. The Kier molecular flexibility index (Phi) is 8.68. The molecule has 2 unspecified atom stereocenters. The van der Waals surface area contributed by atoms with Crippen molar-refractivity contribution in [1.29, 1.82) is 0 Å². The second kappa shape index (κ2) is 8.97. The van der Waals surface area contributed by atoms with E-state index in [-0.39, 0.29) is 0 Å². The van der Waals surface area contributed by atoms with Crippen LogP contribution in [0.4, 0.5) is 52.7 Å². The van der Waals surface area contributed by atoms with Crippen LogP contribution in [0, 0.1) is 0 Å². The Hall–Kier alpha value is -1.02. The van der Waals surface area contributed by atoms with E-state index in [1.54, 1.807) is 0 Å². The molecule has 0 saturated heterocycles. The second-order valence-corrected chi connectivity index (χ2v) is 10.1. The predicted octanol–water partition coefficient (Wildman–Crippen LogP) is 4.23. The molecular formula is C12H14F12O6S2. The smallest absolute Gasteiger partial charge is 0.267 e. The van der Waals surface area contributed by atoms with Crippen LogP contribution in [0.15, 0.2) is 0 Å². The van der Waals surface area contributed by atoms with Gasteiger partial charge in [-0.1, -0.05) is 0 Å². The highest BCUT2D eigenvalue weighted by molar-refractivity contribution is 7.88. The van der Waals surface area contributed by atoms with Crippen LogP contribution >= 0.6 is 0 Å². The fourth-order valence-electron chi connectivity index (χ4n) is 1.58. The molecule has 0 fully saturated rings. The summed E-state index contributed by atoms with van der Waals surface area (Å²) < 4.78 is 205. The highest BCUT2D eigenvalue weighted by Crippen LogP contribution is 2.49. The maximum absolute atomic E-state index is 13.7. The van der Waals surface area contributed by atoms with Gasteiger partial charge in [0.1, 0.15) is 0 Å². The fourth-order valence-corrected chi connectivity index (χ4v) is 3.56. The molecule has 0 aromatic carbocycles. The Balaban J connectivity index is 5.00. The van der Waals surface area contributed by atoms with Gasteiger partial charge in [-0.15, -0.1) is 0 Å². The average Bonchev–Trinajstić information content (AvgIpc) is 2.55. The molecule has 0 aromatic rings. The van der Waals surface area contributed by atoms with Gasteiger partial charge in [0.05, 0.1) is 13.2 Å².